The Hall–Kier alpha value is -2.48. The van der Waals surface area contributed by atoms with Gasteiger partial charge in [0, 0.05) is 57.1 Å². The van der Waals surface area contributed by atoms with Crippen molar-refractivity contribution < 1.29 is 4.74 Å². The van der Waals surface area contributed by atoms with Gasteiger partial charge in [-0.05, 0) is 38.3 Å². The molecule has 7 nitrogen and oxygen atoms in total. The Kier molecular flexibility index (Phi) is 7.51. The van der Waals surface area contributed by atoms with Gasteiger partial charge in [0.2, 0.25) is 0 Å². The first-order chi connectivity index (χ1) is 15.3. The van der Waals surface area contributed by atoms with Crippen LogP contribution in [0.2, 0.25) is 0 Å². The average Bonchev–Trinajstić information content (AvgIpc) is 3.55. The Morgan fingerprint density at radius 1 is 1.23 bits per heavy atom. The SMILES string of the molecule is CCNC(=NCCc1csc(N2CCCC2)n1)NC1CCN(c2ccccc2OC)C1. The van der Waals surface area contributed by atoms with Crippen LogP contribution in [0.5, 0.6) is 5.75 Å². The van der Waals surface area contributed by atoms with E-state index in [9.17, 15) is 0 Å². The summed E-state index contributed by atoms with van der Waals surface area (Å²) >= 11 is 1.76. The zero-order valence-corrected chi connectivity index (χ0v) is 19.5. The molecule has 8 heteroatoms. The van der Waals surface area contributed by atoms with Crippen molar-refractivity contribution in [2.24, 2.45) is 4.99 Å². The molecule has 0 bridgehead atoms. The minimum Gasteiger partial charge on any atom is -0.495 e. The second-order valence-corrected chi connectivity index (χ2v) is 8.91. The van der Waals surface area contributed by atoms with E-state index in [-0.39, 0.29) is 0 Å². The van der Waals surface area contributed by atoms with Crippen LogP contribution in [-0.4, -0.2) is 63.4 Å². The minimum absolute atomic E-state index is 0.365. The average molecular weight is 443 g/mol. The van der Waals surface area contributed by atoms with E-state index in [1.165, 1.54) is 18.0 Å². The Balaban J connectivity index is 1.30. The van der Waals surface area contributed by atoms with Crippen LogP contribution in [0, 0.1) is 0 Å². The van der Waals surface area contributed by atoms with E-state index in [1.54, 1.807) is 18.4 Å². The molecule has 1 unspecified atom stereocenters. The van der Waals surface area contributed by atoms with Crippen LogP contribution in [0.15, 0.2) is 34.6 Å². The van der Waals surface area contributed by atoms with E-state index in [1.807, 2.05) is 12.1 Å². The number of anilines is 2. The fraction of sp³-hybridized carbons (Fsp3) is 0.565. The van der Waals surface area contributed by atoms with Crippen molar-refractivity contribution in [3.63, 3.8) is 0 Å². The molecule has 2 saturated heterocycles. The highest BCUT2D eigenvalue weighted by atomic mass is 32.1. The van der Waals surface area contributed by atoms with E-state index >= 15 is 0 Å². The zero-order chi connectivity index (χ0) is 21.5. The van der Waals surface area contributed by atoms with Crippen molar-refractivity contribution in [2.45, 2.75) is 38.6 Å². The normalized spacial score (nSPS) is 19.2. The molecule has 3 heterocycles. The first-order valence-corrected chi connectivity index (χ1v) is 12.3. The summed E-state index contributed by atoms with van der Waals surface area (Å²) in [4.78, 5) is 14.4. The third-order valence-electron chi connectivity index (χ3n) is 5.85. The smallest absolute Gasteiger partial charge is 0.191 e. The maximum Gasteiger partial charge on any atom is 0.191 e. The molecule has 1 aromatic carbocycles. The fourth-order valence-electron chi connectivity index (χ4n) is 4.25. The van der Waals surface area contributed by atoms with Crippen LogP contribution in [0.1, 0.15) is 31.9 Å². The van der Waals surface area contributed by atoms with Crippen molar-refractivity contribution in [3.05, 3.63) is 35.3 Å². The van der Waals surface area contributed by atoms with Crippen LogP contribution in [0.4, 0.5) is 10.8 Å². The summed E-state index contributed by atoms with van der Waals surface area (Å²) in [5.41, 5.74) is 2.31. The molecule has 2 aliphatic heterocycles. The molecule has 4 rings (SSSR count). The monoisotopic (exact) mass is 442 g/mol. The molecule has 1 atom stereocenters. The highest BCUT2D eigenvalue weighted by molar-refractivity contribution is 7.13. The predicted octanol–water partition coefficient (Wildman–Crippen LogP) is 3.13. The summed E-state index contributed by atoms with van der Waals surface area (Å²) in [5.74, 6) is 1.82. The number of nitrogens with zero attached hydrogens (tertiary/aromatic N) is 4. The van der Waals surface area contributed by atoms with Crippen LogP contribution >= 0.6 is 11.3 Å². The van der Waals surface area contributed by atoms with Crippen molar-refractivity contribution in [3.8, 4) is 5.75 Å². The molecular formula is C23H34N6OS. The Morgan fingerprint density at radius 2 is 2.06 bits per heavy atom. The zero-order valence-electron chi connectivity index (χ0n) is 18.6. The van der Waals surface area contributed by atoms with E-state index in [4.69, 9.17) is 14.7 Å². The summed E-state index contributed by atoms with van der Waals surface area (Å²) in [7, 11) is 1.73. The number of ether oxygens (including phenoxy) is 1. The van der Waals surface area contributed by atoms with E-state index in [0.29, 0.717) is 6.04 Å². The molecule has 31 heavy (non-hydrogen) atoms. The molecule has 1 aromatic heterocycles. The summed E-state index contributed by atoms with van der Waals surface area (Å²) in [6.45, 7) is 7.94. The van der Waals surface area contributed by atoms with Crippen LogP contribution in [0.25, 0.3) is 0 Å². The number of guanidine groups is 1. The number of hydrogen-bond acceptors (Lipinski definition) is 6. The summed E-state index contributed by atoms with van der Waals surface area (Å²) in [6, 6.07) is 8.60. The Labute approximate surface area is 189 Å². The number of rotatable bonds is 8. The Morgan fingerprint density at radius 3 is 2.87 bits per heavy atom. The number of benzene rings is 1. The second kappa shape index (κ2) is 10.7. The van der Waals surface area contributed by atoms with Crippen LogP contribution in [0.3, 0.4) is 0 Å². The lowest BCUT2D eigenvalue weighted by Crippen LogP contribution is -2.44. The van der Waals surface area contributed by atoms with Gasteiger partial charge in [-0.25, -0.2) is 4.98 Å². The van der Waals surface area contributed by atoms with Gasteiger partial charge in [-0.3, -0.25) is 4.99 Å². The van der Waals surface area contributed by atoms with E-state index in [2.05, 4.69) is 44.9 Å². The first kappa shape index (κ1) is 21.7. The largest absolute Gasteiger partial charge is 0.495 e. The van der Waals surface area contributed by atoms with Crippen molar-refractivity contribution in [1.82, 2.24) is 15.6 Å². The summed E-state index contributed by atoms with van der Waals surface area (Å²) < 4.78 is 5.54. The van der Waals surface area contributed by atoms with Crippen molar-refractivity contribution in [1.29, 1.82) is 0 Å². The molecule has 0 spiro atoms. The van der Waals surface area contributed by atoms with Gasteiger partial charge in [0.25, 0.3) is 0 Å². The molecule has 2 aromatic rings. The number of aromatic nitrogens is 1. The predicted molar refractivity (Wildman–Crippen MR) is 130 cm³/mol. The molecule has 0 aliphatic carbocycles. The highest BCUT2D eigenvalue weighted by Crippen LogP contribution is 2.30. The van der Waals surface area contributed by atoms with Crippen molar-refractivity contribution in [2.75, 3.05) is 56.2 Å². The van der Waals surface area contributed by atoms with Gasteiger partial charge >= 0.3 is 0 Å². The van der Waals surface area contributed by atoms with Crippen molar-refractivity contribution >= 4 is 28.1 Å². The number of nitrogens with one attached hydrogen (secondary N) is 2. The standard InChI is InChI=1S/C23H34N6OS/c1-3-24-22(25-12-10-19-17-31-23(27-19)28-13-6-7-14-28)26-18-11-15-29(16-18)20-8-4-5-9-21(20)30-2/h4-5,8-9,17-18H,3,6-7,10-16H2,1-2H3,(H2,24,25,26). The maximum absolute atomic E-state index is 5.54. The molecule has 2 fully saturated rings. The lowest BCUT2D eigenvalue weighted by molar-refractivity contribution is 0.415. The fourth-order valence-corrected chi connectivity index (χ4v) is 5.16. The number of hydrogen-bond donors (Lipinski definition) is 2. The number of thiazole rings is 1. The van der Waals surface area contributed by atoms with E-state index in [0.717, 1.165) is 75.2 Å². The van der Waals surface area contributed by atoms with Gasteiger partial charge in [-0.2, -0.15) is 0 Å². The Bertz CT molecular complexity index is 863. The second-order valence-electron chi connectivity index (χ2n) is 8.07. The topological polar surface area (TPSA) is 65.0 Å². The van der Waals surface area contributed by atoms with E-state index < -0.39 is 0 Å². The van der Waals surface area contributed by atoms with Gasteiger partial charge in [0.1, 0.15) is 5.75 Å². The minimum atomic E-state index is 0.365. The molecule has 2 N–H and O–H groups in total. The molecule has 0 saturated carbocycles. The summed E-state index contributed by atoms with van der Waals surface area (Å²) in [5, 5.41) is 10.4. The van der Waals surface area contributed by atoms with Gasteiger partial charge in [0.15, 0.2) is 11.1 Å². The molecular weight excluding hydrogens is 408 g/mol. The third kappa shape index (κ3) is 5.61. The molecule has 0 amide bonds. The first-order valence-electron chi connectivity index (χ1n) is 11.4. The van der Waals surface area contributed by atoms with Gasteiger partial charge in [-0.15, -0.1) is 11.3 Å². The number of para-hydroxylation sites is 2. The number of aliphatic imine (C=N–C) groups is 1. The quantitative estimate of drug-likeness (QED) is 0.484. The van der Waals surface area contributed by atoms with Gasteiger partial charge in [-0.1, -0.05) is 12.1 Å². The molecule has 2 aliphatic rings. The molecule has 0 radical (unpaired) electrons. The summed E-state index contributed by atoms with van der Waals surface area (Å²) in [6.07, 6.45) is 4.52. The lowest BCUT2D eigenvalue weighted by atomic mass is 10.2. The number of methoxy groups -OCH3 is 1. The van der Waals surface area contributed by atoms with Crippen LogP contribution in [-0.2, 0) is 6.42 Å². The third-order valence-corrected chi connectivity index (χ3v) is 6.80. The van der Waals surface area contributed by atoms with Crippen LogP contribution < -0.4 is 25.2 Å². The van der Waals surface area contributed by atoms with Gasteiger partial charge in [0.05, 0.1) is 18.5 Å². The maximum atomic E-state index is 5.54. The van der Waals surface area contributed by atoms with Gasteiger partial charge < -0.3 is 25.2 Å². The molecule has 168 valence electrons. The lowest BCUT2D eigenvalue weighted by Gasteiger charge is -2.22. The highest BCUT2D eigenvalue weighted by Gasteiger charge is 2.25.